The van der Waals surface area contributed by atoms with Crippen molar-refractivity contribution in [2.45, 2.75) is 32.1 Å². The van der Waals surface area contributed by atoms with Gasteiger partial charge in [0, 0.05) is 12.5 Å². The second-order valence-corrected chi connectivity index (χ2v) is 6.73. The van der Waals surface area contributed by atoms with Gasteiger partial charge in [0.25, 0.3) is 0 Å². The largest absolute Gasteiger partial charge is 0.493 e. The molecule has 2 N–H and O–H groups in total. The minimum Gasteiger partial charge on any atom is -0.493 e. The van der Waals surface area contributed by atoms with Crippen molar-refractivity contribution in [2.24, 2.45) is 17.8 Å². The van der Waals surface area contributed by atoms with Crippen molar-refractivity contribution in [1.29, 1.82) is 0 Å². The Morgan fingerprint density at radius 3 is 2.86 bits per heavy atom. The fourth-order valence-electron chi connectivity index (χ4n) is 3.46. The Morgan fingerprint density at radius 1 is 1.41 bits per heavy atom. The van der Waals surface area contributed by atoms with Crippen LogP contribution in [-0.4, -0.2) is 30.8 Å². The Labute approximate surface area is 131 Å². The number of carboxylic acid groups (broad SMARTS) is 1. The topological polar surface area (TPSA) is 58.6 Å². The SMILES string of the molecule is CC(C(=O)O)C(c1cccc(OCC2CCNC2)c1)C1CC1. The van der Waals surface area contributed by atoms with E-state index in [4.69, 9.17) is 4.74 Å². The van der Waals surface area contributed by atoms with E-state index in [2.05, 4.69) is 5.32 Å². The molecule has 0 radical (unpaired) electrons. The third-order valence-electron chi connectivity index (χ3n) is 4.95. The molecule has 1 aliphatic carbocycles. The van der Waals surface area contributed by atoms with Gasteiger partial charge in [0.05, 0.1) is 12.5 Å². The summed E-state index contributed by atoms with van der Waals surface area (Å²) >= 11 is 0. The zero-order chi connectivity index (χ0) is 15.5. The van der Waals surface area contributed by atoms with Gasteiger partial charge < -0.3 is 15.2 Å². The molecule has 1 saturated heterocycles. The maximum absolute atomic E-state index is 11.4. The Morgan fingerprint density at radius 2 is 2.23 bits per heavy atom. The van der Waals surface area contributed by atoms with Crippen molar-refractivity contribution >= 4 is 5.97 Å². The molecule has 0 amide bonds. The lowest BCUT2D eigenvalue weighted by Gasteiger charge is -2.22. The molecule has 4 nitrogen and oxygen atoms in total. The number of carbonyl (C=O) groups is 1. The fourth-order valence-corrected chi connectivity index (χ4v) is 3.46. The van der Waals surface area contributed by atoms with Crippen LogP contribution >= 0.6 is 0 Å². The van der Waals surface area contributed by atoms with Gasteiger partial charge in [-0.05, 0) is 55.3 Å². The third-order valence-corrected chi connectivity index (χ3v) is 4.95. The third kappa shape index (κ3) is 3.61. The molecule has 3 atom stereocenters. The van der Waals surface area contributed by atoms with Crippen LogP contribution in [0.5, 0.6) is 5.75 Å². The minimum absolute atomic E-state index is 0.106. The Balaban J connectivity index is 1.69. The monoisotopic (exact) mass is 303 g/mol. The molecular weight excluding hydrogens is 278 g/mol. The highest BCUT2D eigenvalue weighted by Gasteiger charge is 2.38. The first kappa shape index (κ1) is 15.3. The minimum atomic E-state index is -0.708. The highest BCUT2D eigenvalue weighted by atomic mass is 16.5. The first-order chi connectivity index (χ1) is 10.6. The quantitative estimate of drug-likeness (QED) is 0.813. The summed E-state index contributed by atoms with van der Waals surface area (Å²) < 4.78 is 5.93. The molecule has 0 spiro atoms. The molecular formula is C18H25NO3. The molecule has 120 valence electrons. The first-order valence-electron chi connectivity index (χ1n) is 8.31. The molecule has 2 aliphatic rings. The van der Waals surface area contributed by atoms with E-state index >= 15 is 0 Å². The molecule has 3 rings (SSSR count). The molecule has 1 heterocycles. The summed E-state index contributed by atoms with van der Waals surface area (Å²) in [6.07, 6.45) is 3.45. The van der Waals surface area contributed by atoms with E-state index in [1.54, 1.807) is 0 Å². The van der Waals surface area contributed by atoms with Crippen LogP contribution < -0.4 is 10.1 Å². The lowest BCUT2D eigenvalue weighted by Crippen LogP contribution is -2.21. The number of nitrogens with one attached hydrogen (secondary N) is 1. The summed E-state index contributed by atoms with van der Waals surface area (Å²) in [5.74, 6) is 1.02. The fraction of sp³-hybridized carbons (Fsp3) is 0.611. The maximum atomic E-state index is 11.4. The van der Waals surface area contributed by atoms with Crippen LogP contribution in [0.1, 0.15) is 37.7 Å². The summed E-state index contributed by atoms with van der Waals surface area (Å²) in [6.45, 7) is 4.66. The van der Waals surface area contributed by atoms with Crippen LogP contribution in [-0.2, 0) is 4.79 Å². The number of rotatable bonds is 7. The number of benzene rings is 1. The molecule has 0 aromatic heterocycles. The van der Waals surface area contributed by atoms with Gasteiger partial charge in [-0.1, -0.05) is 19.1 Å². The van der Waals surface area contributed by atoms with Gasteiger partial charge in [-0.25, -0.2) is 0 Å². The standard InChI is InChI=1S/C18H25NO3/c1-12(18(20)21)17(14-5-6-14)15-3-2-4-16(9-15)22-11-13-7-8-19-10-13/h2-4,9,12-14,17,19H,5-8,10-11H2,1H3,(H,20,21). The maximum Gasteiger partial charge on any atom is 0.306 e. The van der Waals surface area contributed by atoms with Crippen LogP contribution in [0.4, 0.5) is 0 Å². The van der Waals surface area contributed by atoms with Crippen molar-refractivity contribution in [1.82, 2.24) is 5.32 Å². The highest BCUT2D eigenvalue weighted by Crippen LogP contribution is 2.47. The zero-order valence-corrected chi connectivity index (χ0v) is 13.1. The van der Waals surface area contributed by atoms with Crippen molar-refractivity contribution in [3.63, 3.8) is 0 Å². The van der Waals surface area contributed by atoms with Gasteiger partial charge in [0.2, 0.25) is 0 Å². The molecule has 1 aromatic rings. The zero-order valence-electron chi connectivity index (χ0n) is 13.1. The molecule has 1 saturated carbocycles. The number of carboxylic acids is 1. The summed E-state index contributed by atoms with van der Waals surface area (Å²) in [5.41, 5.74) is 1.11. The molecule has 1 aromatic carbocycles. The molecule has 22 heavy (non-hydrogen) atoms. The Hall–Kier alpha value is -1.55. The molecule has 0 bridgehead atoms. The van der Waals surface area contributed by atoms with Crippen LogP contribution in [0.25, 0.3) is 0 Å². The number of hydrogen-bond acceptors (Lipinski definition) is 3. The normalized spacial score (nSPS) is 24.0. The molecule has 2 fully saturated rings. The van der Waals surface area contributed by atoms with Crippen LogP contribution in [0.15, 0.2) is 24.3 Å². The number of ether oxygens (including phenoxy) is 1. The molecule has 3 unspecified atom stereocenters. The predicted molar refractivity (Wildman–Crippen MR) is 85.2 cm³/mol. The summed E-state index contributed by atoms with van der Waals surface area (Å²) in [4.78, 5) is 11.4. The summed E-state index contributed by atoms with van der Waals surface area (Å²) in [7, 11) is 0. The van der Waals surface area contributed by atoms with Crippen LogP contribution in [0.2, 0.25) is 0 Å². The van der Waals surface area contributed by atoms with E-state index in [0.29, 0.717) is 11.8 Å². The van der Waals surface area contributed by atoms with Crippen molar-refractivity contribution in [3.05, 3.63) is 29.8 Å². The van der Waals surface area contributed by atoms with E-state index < -0.39 is 5.97 Å². The van der Waals surface area contributed by atoms with E-state index in [1.165, 1.54) is 6.42 Å². The molecule has 1 aliphatic heterocycles. The van der Waals surface area contributed by atoms with Crippen LogP contribution in [0, 0.1) is 17.8 Å². The van der Waals surface area contributed by atoms with E-state index in [-0.39, 0.29) is 11.8 Å². The van der Waals surface area contributed by atoms with Crippen molar-refractivity contribution in [3.8, 4) is 5.75 Å². The van der Waals surface area contributed by atoms with Crippen LogP contribution in [0.3, 0.4) is 0 Å². The van der Waals surface area contributed by atoms with Gasteiger partial charge in [-0.15, -0.1) is 0 Å². The predicted octanol–water partition coefficient (Wildman–Crippen LogP) is 2.89. The lowest BCUT2D eigenvalue weighted by atomic mass is 9.83. The van der Waals surface area contributed by atoms with E-state index in [9.17, 15) is 9.90 Å². The Bertz CT molecular complexity index is 521. The van der Waals surface area contributed by atoms with E-state index in [1.807, 2.05) is 31.2 Å². The number of hydrogen-bond donors (Lipinski definition) is 2. The van der Waals surface area contributed by atoms with Crippen molar-refractivity contribution < 1.29 is 14.6 Å². The second kappa shape index (κ2) is 6.69. The molecule has 4 heteroatoms. The lowest BCUT2D eigenvalue weighted by molar-refractivity contribution is -0.142. The summed E-state index contributed by atoms with van der Waals surface area (Å²) in [5, 5.41) is 12.7. The second-order valence-electron chi connectivity index (χ2n) is 6.73. The average Bonchev–Trinajstić information content (AvgIpc) is 3.20. The Kier molecular flexibility index (Phi) is 4.67. The van der Waals surface area contributed by atoms with Gasteiger partial charge in [-0.2, -0.15) is 0 Å². The average molecular weight is 303 g/mol. The van der Waals surface area contributed by atoms with Crippen molar-refractivity contribution in [2.75, 3.05) is 19.7 Å². The van der Waals surface area contributed by atoms with Gasteiger partial charge in [-0.3, -0.25) is 4.79 Å². The number of aliphatic carboxylic acids is 1. The first-order valence-corrected chi connectivity index (χ1v) is 8.31. The van der Waals surface area contributed by atoms with Gasteiger partial charge in [0.15, 0.2) is 0 Å². The summed E-state index contributed by atoms with van der Waals surface area (Å²) in [6, 6.07) is 8.06. The smallest absolute Gasteiger partial charge is 0.306 e. The highest BCUT2D eigenvalue weighted by molar-refractivity contribution is 5.71. The van der Waals surface area contributed by atoms with E-state index in [0.717, 1.165) is 43.9 Å². The van der Waals surface area contributed by atoms with Gasteiger partial charge >= 0.3 is 5.97 Å². The van der Waals surface area contributed by atoms with Gasteiger partial charge in [0.1, 0.15) is 5.75 Å².